The van der Waals surface area contributed by atoms with Crippen molar-refractivity contribution in [1.82, 2.24) is 0 Å². The van der Waals surface area contributed by atoms with Gasteiger partial charge in [-0.05, 0) is 30.3 Å². The van der Waals surface area contributed by atoms with Gasteiger partial charge in [-0.1, -0.05) is 23.7 Å². The number of hydrogen-bond acceptors (Lipinski definition) is 3. The summed E-state index contributed by atoms with van der Waals surface area (Å²) in [6.07, 6.45) is 0.466. The van der Waals surface area contributed by atoms with E-state index in [1.54, 1.807) is 24.3 Å². The van der Waals surface area contributed by atoms with Gasteiger partial charge in [0, 0.05) is 10.7 Å². The first-order valence-electron chi connectivity index (χ1n) is 6.02. The minimum absolute atomic E-state index is 0.0468. The van der Waals surface area contributed by atoms with Crippen LogP contribution in [0.3, 0.4) is 0 Å². The van der Waals surface area contributed by atoms with Gasteiger partial charge in [-0.2, -0.15) is 0 Å². The molecule has 0 bridgehead atoms. The van der Waals surface area contributed by atoms with Crippen LogP contribution in [0.4, 0.5) is 10.1 Å². The Bertz CT molecular complexity index is 676. The summed E-state index contributed by atoms with van der Waals surface area (Å²) in [6.45, 7) is -0.422. The Kier molecular flexibility index (Phi) is 4.90. The van der Waals surface area contributed by atoms with Crippen molar-refractivity contribution in [1.29, 1.82) is 0 Å². The largest absolute Gasteiger partial charge is 0.480 e. The summed E-state index contributed by atoms with van der Waals surface area (Å²) in [5, 5.41) is 3.03. The number of hydrogen-bond donors (Lipinski definition) is 1. The van der Waals surface area contributed by atoms with Crippen LogP contribution in [0.1, 0.15) is 10.4 Å². The summed E-state index contributed by atoms with van der Waals surface area (Å²) in [4.78, 5) is 22.5. The number of benzene rings is 2. The van der Waals surface area contributed by atoms with Gasteiger partial charge in [0.25, 0.3) is 5.91 Å². The van der Waals surface area contributed by atoms with Crippen LogP contribution in [0.5, 0.6) is 5.75 Å². The molecule has 21 heavy (non-hydrogen) atoms. The molecule has 0 saturated heterocycles. The Balaban J connectivity index is 2.00. The quantitative estimate of drug-likeness (QED) is 0.862. The van der Waals surface area contributed by atoms with Crippen molar-refractivity contribution in [3.05, 3.63) is 58.9 Å². The fourth-order valence-electron chi connectivity index (χ4n) is 1.67. The van der Waals surface area contributed by atoms with Gasteiger partial charge in [-0.25, -0.2) is 4.39 Å². The lowest BCUT2D eigenvalue weighted by Gasteiger charge is -2.10. The van der Waals surface area contributed by atoms with E-state index in [9.17, 15) is 14.0 Å². The zero-order chi connectivity index (χ0) is 15.2. The van der Waals surface area contributed by atoms with Crippen molar-refractivity contribution >= 4 is 29.5 Å². The molecule has 0 atom stereocenters. The molecule has 6 heteroatoms. The first-order valence-corrected chi connectivity index (χ1v) is 6.40. The molecule has 2 aromatic carbocycles. The van der Waals surface area contributed by atoms with Crippen LogP contribution in [-0.2, 0) is 4.79 Å². The SMILES string of the molecule is O=Cc1cccc(F)c1OCC(=O)Nc1cccc(Cl)c1. The topological polar surface area (TPSA) is 55.4 Å². The van der Waals surface area contributed by atoms with Crippen LogP contribution in [0.15, 0.2) is 42.5 Å². The summed E-state index contributed by atoms with van der Waals surface area (Å²) in [7, 11) is 0. The first kappa shape index (κ1) is 15.0. The van der Waals surface area contributed by atoms with E-state index in [-0.39, 0.29) is 11.3 Å². The molecule has 0 heterocycles. The van der Waals surface area contributed by atoms with E-state index in [4.69, 9.17) is 16.3 Å². The minimum atomic E-state index is -0.699. The summed E-state index contributed by atoms with van der Waals surface area (Å²) >= 11 is 5.79. The molecule has 0 spiro atoms. The van der Waals surface area contributed by atoms with Crippen LogP contribution in [-0.4, -0.2) is 18.8 Å². The van der Waals surface area contributed by atoms with Crippen LogP contribution in [0, 0.1) is 5.82 Å². The second-order valence-electron chi connectivity index (χ2n) is 4.12. The Morgan fingerprint density at radius 2 is 2.05 bits per heavy atom. The maximum Gasteiger partial charge on any atom is 0.262 e. The fraction of sp³-hybridized carbons (Fsp3) is 0.0667. The molecule has 0 aliphatic rings. The number of nitrogens with one attached hydrogen (secondary N) is 1. The molecule has 0 unspecified atom stereocenters. The van der Waals surface area contributed by atoms with E-state index in [2.05, 4.69) is 5.32 Å². The highest BCUT2D eigenvalue weighted by Crippen LogP contribution is 2.21. The second-order valence-corrected chi connectivity index (χ2v) is 4.56. The summed E-state index contributed by atoms with van der Waals surface area (Å²) in [5.74, 6) is -1.43. The molecule has 0 saturated carbocycles. The number of carbonyl (C=O) groups excluding carboxylic acids is 2. The van der Waals surface area contributed by atoms with Crippen LogP contribution in [0.2, 0.25) is 5.02 Å². The lowest BCUT2D eigenvalue weighted by atomic mass is 10.2. The average molecular weight is 308 g/mol. The lowest BCUT2D eigenvalue weighted by molar-refractivity contribution is -0.118. The molecule has 0 fully saturated rings. The smallest absolute Gasteiger partial charge is 0.262 e. The van der Waals surface area contributed by atoms with Crippen LogP contribution in [0.25, 0.3) is 0 Å². The minimum Gasteiger partial charge on any atom is -0.480 e. The van der Waals surface area contributed by atoms with Crippen molar-refractivity contribution in [2.45, 2.75) is 0 Å². The summed E-state index contributed by atoms with van der Waals surface area (Å²) in [5.41, 5.74) is 0.547. The molecule has 0 aliphatic heterocycles. The predicted octanol–water partition coefficient (Wildman–Crippen LogP) is 3.31. The number of rotatable bonds is 5. The summed E-state index contributed by atoms with van der Waals surface area (Å²) < 4.78 is 18.6. The van der Waals surface area contributed by atoms with Crippen LogP contribution < -0.4 is 10.1 Å². The van der Waals surface area contributed by atoms with Crippen molar-refractivity contribution in [2.24, 2.45) is 0 Å². The van der Waals surface area contributed by atoms with E-state index in [0.29, 0.717) is 17.0 Å². The van der Waals surface area contributed by atoms with Gasteiger partial charge < -0.3 is 10.1 Å². The maximum atomic E-state index is 13.5. The fourth-order valence-corrected chi connectivity index (χ4v) is 1.86. The third-order valence-electron chi connectivity index (χ3n) is 2.58. The zero-order valence-electron chi connectivity index (χ0n) is 10.8. The monoisotopic (exact) mass is 307 g/mol. The van der Waals surface area contributed by atoms with Gasteiger partial charge in [0.05, 0.1) is 5.56 Å². The number of halogens is 2. The molecule has 0 radical (unpaired) electrons. The third-order valence-corrected chi connectivity index (χ3v) is 2.82. The lowest BCUT2D eigenvalue weighted by Crippen LogP contribution is -2.20. The van der Waals surface area contributed by atoms with Crippen molar-refractivity contribution in [3.63, 3.8) is 0 Å². The van der Waals surface area contributed by atoms with E-state index < -0.39 is 18.3 Å². The Labute approximate surface area is 125 Å². The molecule has 1 N–H and O–H groups in total. The van der Waals surface area contributed by atoms with E-state index in [1.165, 1.54) is 12.1 Å². The molecule has 1 amide bonds. The number of ether oxygens (including phenoxy) is 1. The molecular formula is C15H11ClFNO3. The normalized spacial score (nSPS) is 10.0. The zero-order valence-corrected chi connectivity index (χ0v) is 11.6. The van der Waals surface area contributed by atoms with Gasteiger partial charge in [0.2, 0.25) is 0 Å². The number of amides is 1. The molecular weight excluding hydrogens is 297 g/mol. The van der Waals surface area contributed by atoms with Gasteiger partial charge in [0.1, 0.15) is 0 Å². The van der Waals surface area contributed by atoms with E-state index in [0.717, 1.165) is 6.07 Å². The molecule has 2 rings (SSSR count). The van der Waals surface area contributed by atoms with Crippen molar-refractivity contribution in [3.8, 4) is 5.75 Å². The van der Waals surface area contributed by atoms with Crippen molar-refractivity contribution in [2.75, 3.05) is 11.9 Å². The highest BCUT2D eigenvalue weighted by atomic mass is 35.5. The van der Waals surface area contributed by atoms with Gasteiger partial charge >= 0.3 is 0 Å². The highest BCUT2D eigenvalue weighted by Gasteiger charge is 2.11. The first-order chi connectivity index (χ1) is 10.1. The summed E-state index contributed by atoms with van der Waals surface area (Å²) in [6, 6.07) is 10.5. The molecule has 0 aliphatic carbocycles. The number of para-hydroxylation sites is 1. The number of carbonyl (C=O) groups is 2. The molecule has 0 aromatic heterocycles. The number of aldehydes is 1. The van der Waals surface area contributed by atoms with Crippen LogP contribution >= 0.6 is 11.6 Å². The van der Waals surface area contributed by atoms with Gasteiger partial charge in [-0.15, -0.1) is 0 Å². The maximum absolute atomic E-state index is 13.5. The standard InChI is InChI=1S/C15H11ClFNO3/c16-11-4-2-5-12(7-11)18-14(20)9-21-15-10(8-19)3-1-6-13(15)17/h1-8H,9H2,(H,18,20). The molecule has 108 valence electrons. The highest BCUT2D eigenvalue weighted by molar-refractivity contribution is 6.30. The Hall–Kier alpha value is -2.40. The third kappa shape index (κ3) is 4.03. The molecule has 2 aromatic rings. The van der Waals surface area contributed by atoms with E-state index in [1.807, 2.05) is 0 Å². The predicted molar refractivity (Wildman–Crippen MR) is 77.4 cm³/mol. The average Bonchev–Trinajstić information content (AvgIpc) is 2.45. The van der Waals surface area contributed by atoms with E-state index >= 15 is 0 Å². The molecule has 4 nitrogen and oxygen atoms in total. The van der Waals surface area contributed by atoms with Gasteiger partial charge in [0.15, 0.2) is 24.5 Å². The second kappa shape index (κ2) is 6.85. The van der Waals surface area contributed by atoms with Crippen molar-refractivity contribution < 1.29 is 18.7 Å². The van der Waals surface area contributed by atoms with Gasteiger partial charge in [-0.3, -0.25) is 9.59 Å². The Morgan fingerprint density at radius 3 is 2.76 bits per heavy atom. The number of anilines is 1. The Morgan fingerprint density at radius 1 is 1.29 bits per heavy atom.